The van der Waals surface area contributed by atoms with Crippen molar-refractivity contribution >= 4 is 11.8 Å². The van der Waals surface area contributed by atoms with E-state index in [4.69, 9.17) is 4.74 Å². The number of amides is 2. The van der Waals surface area contributed by atoms with Crippen LogP contribution < -0.4 is 10.1 Å². The van der Waals surface area contributed by atoms with Gasteiger partial charge in [-0.3, -0.25) is 9.59 Å². The fourth-order valence-electron chi connectivity index (χ4n) is 2.44. The van der Waals surface area contributed by atoms with Crippen molar-refractivity contribution in [1.82, 2.24) is 10.2 Å². The number of carbonyl (C=O) groups excluding carboxylic acids is 2. The quantitative estimate of drug-likeness (QED) is 0.828. The van der Waals surface area contributed by atoms with Gasteiger partial charge in [0, 0.05) is 13.6 Å². The minimum atomic E-state index is -0.648. The number of nitrogens with zero attached hydrogens (tertiary/aromatic N) is 1. The maximum atomic E-state index is 12.9. The Kier molecular flexibility index (Phi) is 6.72. The standard InChI is InChI=1S/C20H23FN2O3/c1-14-4-6-16(7-5-14)12-23(15(2)20(25)22-3)19(24)13-26-18-10-8-17(21)9-11-18/h4-11,15H,12-13H2,1-3H3,(H,22,25)/t15-/m0/s1. The van der Waals surface area contributed by atoms with Crippen molar-refractivity contribution in [1.29, 1.82) is 0 Å². The minimum absolute atomic E-state index is 0.237. The van der Waals surface area contributed by atoms with Gasteiger partial charge in [-0.05, 0) is 43.7 Å². The smallest absolute Gasteiger partial charge is 0.261 e. The summed E-state index contributed by atoms with van der Waals surface area (Å²) in [5, 5.41) is 2.56. The zero-order valence-corrected chi connectivity index (χ0v) is 15.2. The van der Waals surface area contributed by atoms with Gasteiger partial charge in [-0.15, -0.1) is 0 Å². The van der Waals surface area contributed by atoms with Crippen LogP contribution in [0, 0.1) is 12.7 Å². The molecule has 0 saturated carbocycles. The van der Waals surface area contributed by atoms with Gasteiger partial charge in [-0.1, -0.05) is 29.8 Å². The SMILES string of the molecule is CNC(=O)[C@H](C)N(Cc1ccc(C)cc1)C(=O)COc1ccc(F)cc1. The van der Waals surface area contributed by atoms with E-state index in [9.17, 15) is 14.0 Å². The molecule has 5 nitrogen and oxygen atoms in total. The molecule has 0 aliphatic heterocycles. The van der Waals surface area contributed by atoms with Crippen molar-refractivity contribution in [2.45, 2.75) is 26.4 Å². The van der Waals surface area contributed by atoms with E-state index in [-0.39, 0.29) is 24.2 Å². The summed E-state index contributed by atoms with van der Waals surface area (Å²) in [6.45, 7) is 3.71. The van der Waals surface area contributed by atoms with E-state index in [0.29, 0.717) is 12.3 Å². The number of aryl methyl sites for hydroxylation is 1. The van der Waals surface area contributed by atoms with Gasteiger partial charge < -0.3 is 15.0 Å². The average Bonchev–Trinajstić information content (AvgIpc) is 2.65. The Bertz CT molecular complexity index is 745. The maximum absolute atomic E-state index is 12.9. The van der Waals surface area contributed by atoms with Crippen LogP contribution in [0.25, 0.3) is 0 Å². The molecular weight excluding hydrogens is 335 g/mol. The fraction of sp³-hybridized carbons (Fsp3) is 0.300. The summed E-state index contributed by atoms with van der Waals surface area (Å²) in [7, 11) is 1.53. The van der Waals surface area contributed by atoms with Crippen LogP contribution in [0.4, 0.5) is 4.39 Å². The van der Waals surface area contributed by atoms with Gasteiger partial charge in [-0.25, -0.2) is 4.39 Å². The second-order valence-corrected chi connectivity index (χ2v) is 6.04. The Hall–Kier alpha value is -2.89. The second kappa shape index (κ2) is 8.99. The molecule has 0 bridgehead atoms. The van der Waals surface area contributed by atoms with E-state index in [1.807, 2.05) is 31.2 Å². The molecule has 0 heterocycles. The van der Waals surface area contributed by atoms with Crippen LogP contribution in [-0.4, -0.2) is 36.4 Å². The molecule has 0 radical (unpaired) electrons. The van der Waals surface area contributed by atoms with E-state index >= 15 is 0 Å². The van der Waals surface area contributed by atoms with Crippen LogP contribution in [0.15, 0.2) is 48.5 Å². The van der Waals surface area contributed by atoms with E-state index < -0.39 is 6.04 Å². The summed E-state index contributed by atoms with van der Waals surface area (Å²) in [5.74, 6) is -0.571. The molecule has 1 atom stereocenters. The van der Waals surface area contributed by atoms with Crippen LogP contribution in [0.2, 0.25) is 0 Å². The van der Waals surface area contributed by atoms with Crippen LogP contribution in [0.1, 0.15) is 18.1 Å². The summed E-state index contributed by atoms with van der Waals surface area (Å²) in [5.41, 5.74) is 2.03. The van der Waals surface area contributed by atoms with Crippen molar-refractivity contribution in [3.8, 4) is 5.75 Å². The number of nitrogens with one attached hydrogen (secondary N) is 1. The van der Waals surface area contributed by atoms with Gasteiger partial charge in [0.25, 0.3) is 5.91 Å². The van der Waals surface area contributed by atoms with Crippen LogP contribution >= 0.6 is 0 Å². The van der Waals surface area contributed by atoms with Crippen molar-refractivity contribution < 1.29 is 18.7 Å². The number of halogens is 1. The Morgan fingerprint density at radius 2 is 1.73 bits per heavy atom. The molecule has 0 unspecified atom stereocenters. The minimum Gasteiger partial charge on any atom is -0.484 e. The highest BCUT2D eigenvalue weighted by Gasteiger charge is 2.25. The molecule has 2 aromatic carbocycles. The van der Waals surface area contributed by atoms with Crippen LogP contribution in [-0.2, 0) is 16.1 Å². The summed E-state index contributed by atoms with van der Waals surface area (Å²) in [6.07, 6.45) is 0. The average molecular weight is 358 g/mol. The Labute approximate surface area is 152 Å². The zero-order chi connectivity index (χ0) is 19.1. The third-order valence-corrected chi connectivity index (χ3v) is 4.06. The molecule has 0 aliphatic carbocycles. The molecule has 6 heteroatoms. The van der Waals surface area contributed by atoms with E-state index in [2.05, 4.69) is 5.32 Å². The van der Waals surface area contributed by atoms with Crippen LogP contribution in [0.5, 0.6) is 5.75 Å². The third kappa shape index (κ3) is 5.31. The maximum Gasteiger partial charge on any atom is 0.261 e. The Morgan fingerprint density at radius 1 is 1.12 bits per heavy atom. The van der Waals surface area contributed by atoms with Crippen molar-refractivity contribution in [2.24, 2.45) is 0 Å². The molecule has 0 aromatic heterocycles. The normalized spacial score (nSPS) is 11.5. The second-order valence-electron chi connectivity index (χ2n) is 6.04. The van der Waals surface area contributed by atoms with E-state index in [1.165, 1.54) is 36.2 Å². The first kappa shape index (κ1) is 19.4. The Morgan fingerprint density at radius 3 is 2.31 bits per heavy atom. The first-order chi connectivity index (χ1) is 12.4. The molecule has 0 fully saturated rings. The molecule has 26 heavy (non-hydrogen) atoms. The summed E-state index contributed by atoms with van der Waals surface area (Å²) >= 11 is 0. The lowest BCUT2D eigenvalue weighted by Gasteiger charge is -2.28. The van der Waals surface area contributed by atoms with Crippen LogP contribution in [0.3, 0.4) is 0 Å². The van der Waals surface area contributed by atoms with Gasteiger partial charge in [0.2, 0.25) is 5.91 Å². The molecule has 2 amide bonds. The van der Waals surface area contributed by atoms with Gasteiger partial charge >= 0.3 is 0 Å². The van der Waals surface area contributed by atoms with E-state index in [0.717, 1.165) is 11.1 Å². The van der Waals surface area contributed by atoms with Crippen molar-refractivity contribution in [3.63, 3.8) is 0 Å². The number of hydrogen-bond donors (Lipinski definition) is 1. The van der Waals surface area contributed by atoms with Gasteiger partial charge in [0.1, 0.15) is 17.6 Å². The number of carbonyl (C=O) groups is 2. The molecule has 1 N–H and O–H groups in total. The summed E-state index contributed by atoms with van der Waals surface area (Å²) in [6, 6.07) is 12.5. The number of ether oxygens (including phenoxy) is 1. The number of hydrogen-bond acceptors (Lipinski definition) is 3. The number of rotatable bonds is 7. The summed E-state index contributed by atoms with van der Waals surface area (Å²) in [4.78, 5) is 26.2. The lowest BCUT2D eigenvalue weighted by molar-refractivity contribution is -0.142. The molecule has 0 spiro atoms. The first-order valence-electron chi connectivity index (χ1n) is 8.35. The lowest BCUT2D eigenvalue weighted by atomic mass is 10.1. The highest BCUT2D eigenvalue weighted by molar-refractivity contribution is 5.87. The predicted molar refractivity (Wildman–Crippen MR) is 97.2 cm³/mol. The van der Waals surface area contributed by atoms with Gasteiger partial charge in [0.15, 0.2) is 6.61 Å². The third-order valence-electron chi connectivity index (χ3n) is 4.06. The number of benzene rings is 2. The highest BCUT2D eigenvalue weighted by atomic mass is 19.1. The molecule has 138 valence electrons. The fourth-order valence-corrected chi connectivity index (χ4v) is 2.44. The van der Waals surface area contributed by atoms with E-state index in [1.54, 1.807) is 6.92 Å². The van der Waals surface area contributed by atoms with Gasteiger partial charge in [0.05, 0.1) is 0 Å². The monoisotopic (exact) mass is 358 g/mol. The van der Waals surface area contributed by atoms with Crippen molar-refractivity contribution in [2.75, 3.05) is 13.7 Å². The highest BCUT2D eigenvalue weighted by Crippen LogP contribution is 2.14. The predicted octanol–water partition coefficient (Wildman–Crippen LogP) is 2.68. The Balaban J connectivity index is 2.10. The largest absolute Gasteiger partial charge is 0.484 e. The zero-order valence-electron chi connectivity index (χ0n) is 15.2. The number of likely N-dealkylation sites (N-methyl/N-ethyl adjacent to an activating group) is 1. The lowest BCUT2D eigenvalue weighted by Crippen LogP contribution is -2.48. The summed E-state index contributed by atoms with van der Waals surface area (Å²) < 4.78 is 18.4. The molecule has 2 aromatic rings. The van der Waals surface area contributed by atoms with Gasteiger partial charge in [-0.2, -0.15) is 0 Å². The molecule has 2 rings (SSSR count). The first-order valence-corrected chi connectivity index (χ1v) is 8.35. The topological polar surface area (TPSA) is 58.6 Å². The molecular formula is C20H23FN2O3. The van der Waals surface area contributed by atoms with Crippen molar-refractivity contribution in [3.05, 3.63) is 65.5 Å². The molecule has 0 aliphatic rings. The molecule has 0 saturated heterocycles.